The summed E-state index contributed by atoms with van der Waals surface area (Å²) in [5.74, 6) is 0.388. The van der Waals surface area contributed by atoms with Gasteiger partial charge in [-0.2, -0.15) is 0 Å². The monoisotopic (exact) mass is 418 g/mol. The molecule has 2 aromatic carbocycles. The number of benzene rings is 2. The van der Waals surface area contributed by atoms with Gasteiger partial charge in [-0.3, -0.25) is 9.10 Å². The third kappa shape index (κ3) is 5.73. The van der Waals surface area contributed by atoms with Crippen molar-refractivity contribution < 1.29 is 17.9 Å². The molecular formula is C22H30N2O4S. The molecule has 0 saturated heterocycles. The van der Waals surface area contributed by atoms with Crippen LogP contribution in [0.1, 0.15) is 43.0 Å². The van der Waals surface area contributed by atoms with Gasteiger partial charge < -0.3 is 10.1 Å². The number of sulfonamides is 1. The van der Waals surface area contributed by atoms with Crippen molar-refractivity contribution >= 4 is 21.6 Å². The Morgan fingerprint density at radius 2 is 1.66 bits per heavy atom. The normalized spacial score (nSPS) is 13.4. The van der Waals surface area contributed by atoms with Gasteiger partial charge in [0, 0.05) is 0 Å². The van der Waals surface area contributed by atoms with E-state index in [4.69, 9.17) is 4.74 Å². The van der Waals surface area contributed by atoms with E-state index in [2.05, 4.69) is 5.32 Å². The summed E-state index contributed by atoms with van der Waals surface area (Å²) in [5.41, 5.74) is 3.30. The van der Waals surface area contributed by atoms with Gasteiger partial charge in [0.2, 0.25) is 15.9 Å². The number of anilines is 1. The molecule has 0 heterocycles. The molecule has 6 nitrogen and oxygen atoms in total. The van der Waals surface area contributed by atoms with Crippen LogP contribution in [0.25, 0.3) is 0 Å². The number of nitrogens with one attached hydrogen (secondary N) is 1. The van der Waals surface area contributed by atoms with Crippen LogP contribution < -0.4 is 14.4 Å². The Labute approximate surface area is 173 Å². The highest BCUT2D eigenvalue weighted by Gasteiger charge is 2.30. The maximum atomic E-state index is 13.0. The van der Waals surface area contributed by atoms with Crippen LogP contribution in [0, 0.1) is 13.8 Å². The van der Waals surface area contributed by atoms with Crippen LogP contribution in [0.2, 0.25) is 0 Å². The smallest absolute Gasteiger partial charge is 0.244 e. The van der Waals surface area contributed by atoms with Crippen LogP contribution in [0.15, 0.2) is 42.5 Å². The van der Waals surface area contributed by atoms with E-state index >= 15 is 0 Å². The average molecular weight is 419 g/mol. The molecule has 1 amide bonds. The molecule has 2 aromatic rings. The molecule has 0 spiro atoms. The lowest BCUT2D eigenvalue weighted by Crippen LogP contribution is -2.48. The van der Waals surface area contributed by atoms with E-state index in [-0.39, 0.29) is 11.9 Å². The van der Waals surface area contributed by atoms with Crippen molar-refractivity contribution in [3.63, 3.8) is 0 Å². The number of ether oxygens (including phenoxy) is 1. The molecule has 0 aliphatic carbocycles. The lowest BCUT2D eigenvalue weighted by Gasteiger charge is -2.30. The summed E-state index contributed by atoms with van der Waals surface area (Å²) < 4.78 is 31.4. The number of nitrogens with zero attached hydrogens (tertiary/aromatic N) is 1. The zero-order valence-corrected chi connectivity index (χ0v) is 18.7. The maximum absolute atomic E-state index is 13.0. The first-order chi connectivity index (χ1) is 13.6. The van der Waals surface area contributed by atoms with Crippen molar-refractivity contribution in [3.8, 4) is 5.75 Å². The van der Waals surface area contributed by atoms with E-state index < -0.39 is 16.1 Å². The predicted octanol–water partition coefficient (Wildman–Crippen LogP) is 3.73. The van der Waals surface area contributed by atoms with Crippen LogP contribution in [-0.2, 0) is 14.8 Å². The molecule has 0 aromatic heterocycles. The Morgan fingerprint density at radius 1 is 1.10 bits per heavy atom. The van der Waals surface area contributed by atoms with Gasteiger partial charge in [-0.05, 0) is 68.1 Å². The van der Waals surface area contributed by atoms with E-state index in [1.165, 1.54) is 4.31 Å². The molecule has 0 saturated carbocycles. The third-order valence-corrected chi connectivity index (χ3v) is 6.03. The fourth-order valence-corrected chi connectivity index (χ4v) is 4.59. The van der Waals surface area contributed by atoms with Crippen LogP contribution >= 0.6 is 0 Å². The molecule has 0 fully saturated rings. The number of carbonyl (C=O) groups excluding carboxylic acids is 1. The van der Waals surface area contributed by atoms with Crippen molar-refractivity contribution in [1.29, 1.82) is 0 Å². The van der Waals surface area contributed by atoms with Gasteiger partial charge in [-0.25, -0.2) is 8.42 Å². The second kappa shape index (κ2) is 9.31. The van der Waals surface area contributed by atoms with Crippen LogP contribution in [0.5, 0.6) is 5.75 Å². The van der Waals surface area contributed by atoms with E-state index in [0.29, 0.717) is 12.1 Å². The van der Waals surface area contributed by atoms with Crippen molar-refractivity contribution in [2.75, 3.05) is 17.7 Å². The van der Waals surface area contributed by atoms with E-state index in [1.54, 1.807) is 26.2 Å². The minimum Gasteiger partial charge on any atom is -0.497 e. The van der Waals surface area contributed by atoms with Gasteiger partial charge in [-0.15, -0.1) is 0 Å². The Hall–Kier alpha value is -2.54. The first-order valence-corrected chi connectivity index (χ1v) is 11.4. The van der Waals surface area contributed by atoms with Gasteiger partial charge in [0.15, 0.2) is 0 Å². The highest BCUT2D eigenvalue weighted by atomic mass is 32.2. The lowest BCUT2D eigenvalue weighted by atomic mass is 10.0. The fourth-order valence-electron chi connectivity index (χ4n) is 3.44. The number of aryl methyl sites for hydroxylation is 2. The standard InChI is InChI=1S/C22H30N2O4S/c1-7-21(18-8-10-20(28-5)11-9-18)23-22(25)17(4)24(29(6,26)27)19-13-15(2)12-16(3)14-19/h8-14,17,21H,7H2,1-6H3,(H,23,25)/t17-,21-/m0/s1. The predicted molar refractivity (Wildman–Crippen MR) is 117 cm³/mol. The van der Waals surface area contributed by atoms with Crippen LogP contribution in [0.4, 0.5) is 5.69 Å². The Morgan fingerprint density at radius 3 is 2.10 bits per heavy atom. The van der Waals surface area contributed by atoms with E-state index in [1.807, 2.05) is 51.1 Å². The summed E-state index contributed by atoms with van der Waals surface area (Å²) in [5, 5.41) is 2.99. The summed E-state index contributed by atoms with van der Waals surface area (Å²) in [7, 11) is -2.06. The van der Waals surface area contributed by atoms with Crippen LogP contribution in [0.3, 0.4) is 0 Å². The molecule has 0 aliphatic rings. The number of hydrogen-bond acceptors (Lipinski definition) is 4. The van der Waals surface area contributed by atoms with Gasteiger partial charge in [0.25, 0.3) is 0 Å². The zero-order valence-electron chi connectivity index (χ0n) is 17.9. The third-order valence-electron chi connectivity index (χ3n) is 4.79. The summed E-state index contributed by atoms with van der Waals surface area (Å²) in [6, 6.07) is 11.9. The molecule has 0 unspecified atom stereocenters. The van der Waals surface area contributed by atoms with Crippen molar-refractivity contribution in [2.45, 2.75) is 46.2 Å². The minimum atomic E-state index is -3.66. The quantitative estimate of drug-likeness (QED) is 0.709. The average Bonchev–Trinajstić information content (AvgIpc) is 2.64. The first-order valence-electron chi connectivity index (χ1n) is 9.58. The summed E-state index contributed by atoms with van der Waals surface area (Å²) in [6.45, 7) is 7.38. The van der Waals surface area contributed by atoms with Crippen molar-refractivity contribution in [2.24, 2.45) is 0 Å². The lowest BCUT2D eigenvalue weighted by molar-refractivity contribution is -0.122. The minimum absolute atomic E-state index is 0.225. The van der Waals surface area contributed by atoms with Gasteiger partial charge in [-0.1, -0.05) is 25.1 Å². The van der Waals surface area contributed by atoms with Gasteiger partial charge >= 0.3 is 0 Å². The summed E-state index contributed by atoms with van der Waals surface area (Å²) in [4.78, 5) is 13.0. The molecule has 2 atom stereocenters. The Kier molecular flexibility index (Phi) is 7.30. The second-order valence-corrected chi connectivity index (χ2v) is 9.18. The number of methoxy groups -OCH3 is 1. The second-order valence-electron chi connectivity index (χ2n) is 7.32. The van der Waals surface area contributed by atoms with Crippen LogP contribution in [-0.4, -0.2) is 33.7 Å². The SMILES string of the molecule is CC[C@H](NC(=O)[C@H](C)N(c1cc(C)cc(C)c1)S(C)(=O)=O)c1ccc(OC)cc1. The van der Waals surface area contributed by atoms with E-state index in [9.17, 15) is 13.2 Å². The molecule has 7 heteroatoms. The molecular weight excluding hydrogens is 388 g/mol. The van der Waals surface area contributed by atoms with Gasteiger partial charge in [0.1, 0.15) is 11.8 Å². The number of amides is 1. The number of carbonyl (C=O) groups is 1. The Bertz CT molecular complexity index is 935. The summed E-state index contributed by atoms with van der Waals surface area (Å²) >= 11 is 0. The number of hydrogen-bond donors (Lipinski definition) is 1. The molecule has 158 valence electrons. The molecule has 1 N–H and O–H groups in total. The molecule has 0 aliphatic heterocycles. The highest BCUT2D eigenvalue weighted by Crippen LogP contribution is 2.25. The molecule has 29 heavy (non-hydrogen) atoms. The molecule has 2 rings (SSSR count). The molecule has 0 bridgehead atoms. The maximum Gasteiger partial charge on any atom is 0.244 e. The van der Waals surface area contributed by atoms with Crippen molar-refractivity contribution in [3.05, 3.63) is 59.2 Å². The van der Waals surface area contributed by atoms with Crippen molar-refractivity contribution in [1.82, 2.24) is 5.32 Å². The fraction of sp³-hybridized carbons (Fsp3) is 0.409. The topological polar surface area (TPSA) is 75.7 Å². The Balaban J connectivity index is 2.30. The largest absolute Gasteiger partial charge is 0.497 e. The summed E-state index contributed by atoms with van der Waals surface area (Å²) in [6.07, 6.45) is 1.79. The zero-order chi connectivity index (χ0) is 21.8. The molecule has 0 radical (unpaired) electrons. The van der Waals surface area contributed by atoms with Gasteiger partial charge in [0.05, 0.1) is 25.1 Å². The first kappa shape index (κ1) is 22.7. The number of rotatable bonds is 8. The highest BCUT2D eigenvalue weighted by molar-refractivity contribution is 7.92. The van der Waals surface area contributed by atoms with E-state index in [0.717, 1.165) is 28.7 Å².